The van der Waals surface area contributed by atoms with Crippen molar-refractivity contribution in [3.63, 3.8) is 0 Å². The number of morpholine rings is 1. The number of amides is 1. The summed E-state index contributed by atoms with van der Waals surface area (Å²) in [6.07, 6.45) is 5.58. The van der Waals surface area contributed by atoms with Crippen molar-refractivity contribution in [2.45, 2.75) is 51.9 Å². The number of ether oxygens (including phenoxy) is 2. The Labute approximate surface area is 241 Å². The number of hydrogen-bond donors (Lipinski definition) is 2. The number of H-pyrrole nitrogens is 1. The summed E-state index contributed by atoms with van der Waals surface area (Å²) in [5.74, 6) is 1.06. The fraction of sp³-hybridized carbons (Fsp3) is 0.353. The van der Waals surface area contributed by atoms with Crippen LogP contribution in [0.2, 0.25) is 0 Å². The van der Waals surface area contributed by atoms with Gasteiger partial charge in [0.1, 0.15) is 5.75 Å². The molecule has 1 aliphatic heterocycles. The minimum Gasteiger partial charge on any atom is -0.497 e. The zero-order valence-corrected chi connectivity index (χ0v) is 24.2. The summed E-state index contributed by atoms with van der Waals surface area (Å²) >= 11 is 0. The number of carbonyl (C=O) groups is 1. The molecule has 7 nitrogen and oxygen atoms in total. The lowest BCUT2D eigenvalue weighted by atomic mass is 10.1. The number of aromatic amines is 1. The molecule has 0 radical (unpaired) electrons. The molecule has 2 N–H and O–H groups in total. The number of nitrogens with one attached hydrogen (secondary N) is 2. The molecule has 4 atom stereocenters. The van der Waals surface area contributed by atoms with E-state index in [9.17, 15) is 4.79 Å². The van der Waals surface area contributed by atoms with Gasteiger partial charge >= 0.3 is 0 Å². The fourth-order valence-electron chi connectivity index (χ4n) is 5.98. The third-order valence-electron chi connectivity index (χ3n) is 8.18. The molecule has 1 aromatic heterocycles. The van der Waals surface area contributed by atoms with Gasteiger partial charge in [0.15, 0.2) is 0 Å². The summed E-state index contributed by atoms with van der Waals surface area (Å²) in [5, 5.41) is 11.9. The largest absolute Gasteiger partial charge is 0.497 e. The minimum atomic E-state index is -0.0192. The van der Waals surface area contributed by atoms with Crippen LogP contribution in [0.3, 0.4) is 0 Å². The summed E-state index contributed by atoms with van der Waals surface area (Å²) in [6.45, 7) is 9.14. The Balaban J connectivity index is 1.07. The molecule has 3 aromatic carbocycles. The third-order valence-corrected chi connectivity index (χ3v) is 8.18. The van der Waals surface area contributed by atoms with Crippen LogP contribution in [0.5, 0.6) is 5.75 Å². The van der Waals surface area contributed by atoms with Gasteiger partial charge in [0.2, 0.25) is 5.91 Å². The van der Waals surface area contributed by atoms with Gasteiger partial charge in [-0.3, -0.25) is 14.8 Å². The van der Waals surface area contributed by atoms with Crippen LogP contribution in [0, 0.1) is 12.8 Å². The normalized spacial score (nSPS) is 22.7. The molecule has 0 spiro atoms. The maximum absolute atomic E-state index is 12.9. The van der Waals surface area contributed by atoms with Crippen molar-refractivity contribution in [3.8, 4) is 5.75 Å². The van der Waals surface area contributed by atoms with E-state index in [0.29, 0.717) is 0 Å². The minimum absolute atomic E-state index is 0.0192. The van der Waals surface area contributed by atoms with E-state index in [-0.39, 0.29) is 30.0 Å². The van der Waals surface area contributed by atoms with E-state index in [1.165, 1.54) is 11.1 Å². The van der Waals surface area contributed by atoms with Crippen LogP contribution in [-0.2, 0) is 16.1 Å². The maximum Gasteiger partial charge on any atom is 0.228 e. The number of methoxy groups -OCH3 is 1. The second-order valence-corrected chi connectivity index (χ2v) is 11.6. The second kappa shape index (κ2) is 11.5. The monoisotopic (exact) mass is 550 g/mol. The topological polar surface area (TPSA) is 79.5 Å². The highest BCUT2D eigenvalue weighted by molar-refractivity contribution is 5.96. The van der Waals surface area contributed by atoms with E-state index >= 15 is 0 Å². The van der Waals surface area contributed by atoms with Crippen LogP contribution in [0.1, 0.15) is 54.1 Å². The van der Waals surface area contributed by atoms with Gasteiger partial charge in [0, 0.05) is 36.6 Å². The van der Waals surface area contributed by atoms with Gasteiger partial charge in [0.25, 0.3) is 0 Å². The van der Waals surface area contributed by atoms with Gasteiger partial charge in [-0.2, -0.15) is 5.10 Å². The summed E-state index contributed by atoms with van der Waals surface area (Å²) in [4.78, 5) is 15.4. The Hall–Kier alpha value is -3.94. The Morgan fingerprint density at radius 3 is 2.59 bits per heavy atom. The van der Waals surface area contributed by atoms with E-state index in [2.05, 4.69) is 88.9 Å². The van der Waals surface area contributed by atoms with Crippen LogP contribution in [0.15, 0.2) is 60.7 Å². The number of aromatic nitrogens is 2. The van der Waals surface area contributed by atoms with E-state index in [0.717, 1.165) is 65.2 Å². The summed E-state index contributed by atoms with van der Waals surface area (Å²) in [5.41, 5.74) is 7.34. The molecule has 1 aliphatic carbocycles. The van der Waals surface area contributed by atoms with E-state index < -0.39 is 0 Å². The smallest absolute Gasteiger partial charge is 0.228 e. The highest BCUT2D eigenvalue weighted by atomic mass is 16.5. The van der Waals surface area contributed by atoms with Gasteiger partial charge in [-0.1, -0.05) is 42.5 Å². The number of hydrogen-bond acceptors (Lipinski definition) is 5. The number of rotatable bonds is 8. The first-order valence-electron chi connectivity index (χ1n) is 14.4. The standard InChI is InChI=1S/C34H38N4O3/c1-21-15-27(40-4)11-14-31(21)35-34(39)30-17-29(30)26-10-12-28-32(36-37-33(28)16-26)13-9-24-5-7-25(8-6-24)20-38-18-22(2)41-23(3)19-38/h5-16,22-23,29-30H,17-20H2,1-4H3,(H,35,39)(H,36,37)/b13-9+/t22-,23+,29-,30+/m0/s1. The highest BCUT2D eigenvalue weighted by Gasteiger charge is 2.44. The van der Waals surface area contributed by atoms with Crippen LogP contribution in [0.25, 0.3) is 23.1 Å². The summed E-state index contributed by atoms with van der Waals surface area (Å²) < 4.78 is 11.1. The van der Waals surface area contributed by atoms with Gasteiger partial charge in [-0.15, -0.1) is 0 Å². The SMILES string of the molecule is COc1ccc(NC(=O)[C@@H]2C[C@H]2c2ccc3c(/C=C/c4ccc(CN5C[C@@H](C)O[C@@H](C)C5)cc4)n[nH]c3c2)c(C)c1. The molecule has 1 saturated heterocycles. The summed E-state index contributed by atoms with van der Waals surface area (Å²) in [6, 6.07) is 20.8. The molecule has 212 valence electrons. The van der Waals surface area contributed by atoms with E-state index in [4.69, 9.17) is 9.47 Å². The number of carbonyl (C=O) groups excluding carboxylic acids is 1. The lowest BCUT2D eigenvalue weighted by Gasteiger charge is -2.35. The molecular weight excluding hydrogens is 512 g/mol. The lowest BCUT2D eigenvalue weighted by Crippen LogP contribution is -2.44. The Kier molecular flexibility index (Phi) is 7.65. The van der Waals surface area contributed by atoms with Crippen LogP contribution in [-0.4, -0.2) is 53.4 Å². The van der Waals surface area contributed by atoms with Gasteiger partial charge in [-0.05, 0) is 85.7 Å². The van der Waals surface area contributed by atoms with Crippen molar-refractivity contribution in [3.05, 3.63) is 88.6 Å². The second-order valence-electron chi connectivity index (χ2n) is 11.6. The van der Waals surface area contributed by atoms with E-state index in [1.807, 2.05) is 25.1 Å². The number of nitrogens with zero attached hydrogens (tertiary/aromatic N) is 2. The molecule has 0 unspecified atom stereocenters. The van der Waals surface area contributed by atoms with Crippen LogP contribution in [0.4, 0.5) is 5.69 Å². The van der Waals surface area contributed by atoms with Crippen molar-refractivity contribution in [1.29, 1.82) is 0 Å². The number of benzene rings is 3. The molecule has 0 bridgehead atoms. The molecule has 2 heterocycles. The van der Waals surface area contributed by atoms with Gasteiger partial charge < -0.3 is 14.8 Å². The molecule has 1 saturated carbocycles. The fourth-order valence-corrected chi connectivity index (χ4v) is 5.98. The number of aryl methyl sites for hydroxylation is 1. The molecule has 1 amide bonds. The average Bonchev–Trinajstić information content (AvgIpc) is 3.66. The quantitative estimate of drug-likeness (QED) is 0.265. The Morgan fingerprint density at radius 1 is 1.07 bits per heavy atom. The van der Waals surface area contributed by atoms with Crippen molar-refractivity contribution >= 4 is 34.6 Å². The third kappa shape index (κ3) is 6.21. The number of fused-ring (bicyclic) bond motifs is 1. The van der Waals surface area contributed by atoms with Crippen molar-refractivity contribution in [2.75, 3.05) is 25.5 Å². The molecule has 2 aliphatic rings. The van der Waals surface area contributed by atoms with Gasteiger partial charge in [-0.25, -0.2) is 0 Å². The summed E-state index contributed by atoms with van der Waals surface area (Å²) in [7, 11) is 1.64. The van der Waals surface area contributed by atoms with Crippen molar-refractivity contribution in [1.82, 2.24) is 15.1 Å². The molecule has 2 fully saturated rings. The molecule has 4 aromatic rings. The molecule has 41 heavy (non-hydrogen) atoms. The first kappa shape index (κ1) is 27.2. The maximum atomic E-state index is 12.9. The Morgan fingerprint density at radius 2 is 1.85 bits per heavy atom. The number of anilines is 1. The Bertz CT molecular complexity index is 1560. The zero-order valence-electron chi connectivity index (χ0n) is 24.2. The predicted octanol–water partition coefficient (Wildman–Crippen LogP) is 6.40. The molecular formula is C34H38N4O3. The highest BCUT2D eigenvalue weighted by Crippen LogP contribution is 2.48. The molecule has 7 heteroatoms. The van der Waals surface area contributed by atoms with Crippen molar-refractivity contribution < 1.29 is 14.3 Å². The zero-order chi connectivity index (χ0) is 28.5. The first-order valence-corrected chi connectivity index (χ1v) is 14.4. The molecule has 6 rings (SSSR count). The van der Waals surface area contributed by atoms with Gasteiger partial charge in [0.05, 0.1) is 30.5 Å². The van der Waals surface area contributed by atoms with Crippen LogP contribution >= 0.6 is 0 Å². The van der Waals surface area contributed by atoms with Crippen molar-refractivity contribution in [2.24, 2.45) is 5.92 Å². The van der Waals surface area contributed by atoms with E-state index in [1.54, 1.807) is 7.11 Å². The predicted molar refractivity (Wildman–Crippen MR) is 164 cm³/mol. The van der Waals surface area contributed by atoms with Crippen LogP contribution < -0.4 is 10.1 Å². The lowest BCUT2D eigenvalue weighted by molar-refractivity contribution is -0.117. The average molecular weight is 551 g/mol. The first-order chi connectivity index (χ1) is 19.9.